The normalized spacial score (nSPS) is 14.8. The lowest BCUT2D eigenvalue weighted by molar-refractivity contribution is -0.113. The molecule has 0 bridgehead atoms. The van der Waals surface area contributed by atoms with E-state index < -0.39 is 0 Å². The van der Waals surface area contributed by atoms with Crippen LogP contribution in [0.15, 0.2) is 92.7 Å². The molecule has 8 heteroatoms. The molecule has 2 amide bonds. The van der Waals surface area contributed by atoms with E-state index in [1.54, 1.807) is 30.3 Å². The number of anilines is 1. The molecular formula is C27H16Br2ClNO3S. The van der Waals surface area contributed by atoms with Crippen LogP contribution in [0.5, 0.6) is 5.75 Å². The average molecular weight is 630 g/mol. The molecule has 0 spiro atoms. The van der Waals surface area contributed by atoms with Crippen LogP contribution in [0, 0.1) is 0 Å². The summed E-state index contributed by atoms with van der Waals surface area (Å²) >= 11 is 14.0. The van der Waals surface area contributed by atoms with Gasteiger partial charge in [-0.3, -0.25) is 9.59 Å². The molecule has 35 heavy (non-hydrogen) atoms. The minimum absolute atomic E-state index is 0.341. The zero-order chi connectivity index (χ0) is 24.5. The smallest absolute Gasteiger partial charge is 0.298 e. The first kappa shape index (κ1) is 24.1. The molecule has 1 aliphatic rings. The minimum atomic E-state index is -0.369. The van der Waals surface area contributed by atoms with E-state index in [1.807, 2.05) is 24.3 Å². The Hall–Kier alpha value is -2.58. The van der Waals surface area contributed by atoms with Crippen molar-refractivity contribution in [2.24, 2.45) is 0 Å². The van der Waals surface area contributed by atoms with E-state index >= 15 is 0 Å². The number of rotatable bonds is 5. The van der Waals surface area contributed by atoms with Gasteiger partial charge in [0.2, 0.25) is 0 Å². The van der Waals surface area contributed by atoms with E-state index in [9.17, 15) is 9.59 Å². The second kappa shape index (κ2) is 10.2. The van der Waals surface area contributed by atoms with Crippen molar-refractivity contribution in [1.82, 2.24) is 0 Å². The van der Waals surface area contributed by atoms with Crippen LogP contribution < -0.4 is 9.64 Å². The number of carbonyl (C=O) groups is 2. The maximum atomic E-state index is 12.9. The molecule has 1 fully saturated rings. The number of amides is 2. The van der Waals surface area contributed by atoms with Crippen molar-refractivity contribution in [2.75, 3.05) is 4.90 Å². The molecule has 0 N–H and O–H groups in total. The van der Waals surface area contributed by atoms with Gasteiger partial charge in [-0.05, 0) is 114 Å². The first-order chi connectivity index (χ1) is 16.9. The van der Waals surface area contributed by atoms with Crippen molar-refractivity contribution >= 4 is 88.9 Å². The molecule has 0 unspecified atom stereocenters. The zero-order valence-electron chi connectivity index (χ0n) is 18.0. The molecule has 0 aromatic heterocycles. The van der Waals surface area contributed by atoms with Crippen LogP contribution in [-0.2, 0) is 11.4 Å². The second-order valence-corrected chi connectivity index (χ2v) is 10.9. The largest absolute Gasteiger partial charge is 0.487 e. The first-order valence-electron chi connectivity index (χ1n) is 10.5. The molecular weight excluding hydrogens is 614 g/mol. The molecule has 0 saturated carbocycles. The Morgan fingerprint density at radius 1 is 0.886 bits per heavy atom. The minimum Gasteiger partial charge on any atom is -0.487 e. The van der Waals surface area contributed by atoms with E-state index in [1.165, 1.54) is 5.39 Å². The Kier molecular flexibility index (Phi) is 7.02. The van der Waals surface area contributed by atoms with Gasteiger partial charge in [0.05, 0.1) is 19.5 Å². The van der Waals surface area contributed by atoms with Gasteiger partial charge in [0.1, 0.15) is 12.4 Å². The highest BCUT2D eigenvalue weighted by molar-refractivity contribution is 9.11. The van der Waals surface area contributed by atoms with Crippen molar-refractivity contribution in [3.05, 3.63) is 109 Å². The fourth-order valence-corrected chi connectivity index (χ4v) is 6.13. The lowest BCUT2D eigenvalue weighted by Gasteiger charge is -2.13. The van der Waals surface area contributed by atoms with Gasteiger partial charge >= 0.3 is 0 Å². The highest BCUT2D eigenvalue weighted by Crippen LogP contribution is 2.39. The van der Waals surface area contributed by atoms with Crippen molar-refractivity contribution in [2.45, 2.75) is 6.61 Å². The summed E-state index contributed by atoms with van der Waals surface area (Å²) in [6.45, 7) is 0.404. The van der Waals surface area contributed by atoms with Crippen LogP contribution in [0.2, 0.25) is 5.02 Å². The third kappa shape index (κ3) is 5.19. The van der Waals surface area contributed by atoms with Gasteiger partial charge in [-0.2, -0.15) is 0 Å². The Bertz CT molecular complexity index is 1480. The zero-order valence-corrected chi connectivity index (χ0v) is 22.7. The molecule has 1 aliphatic heterocycles. The third-order valence-corrected chi connectivity index (χ3v) is 7.69. The maximum absolute atomic E-state index is 12.9. The Morgan fingerprint density at radius 2 is 1.57 bits per heavy atom. The summed E-state index contributed by atoms with van der Waals surface area (Å²) in [7, 11) is 0. The summed E-state index contributed by atoms with van der Waals surface area (Å²) in [6.07, 6.45) is 1.70. The van der Waals surface area contributed by atoms with E-state index in [2.05, 4.69) is 62.2 Å². The number of fused-ring (bicyclic) bond motifs is 1. The molecule has 4 aromatic rings. The van der Waals surface area contributed by atoms with Gasteiger partial charge in [-0.25, -0.2) is 4.90 Å². The number of halogens is 3. The van der Waals surface area contributed by atoms with E-state index in [0.717, 1.165) is 42.1 Å². The number of imide groups is 1. The number of ether oxygens (including phenoxy) is 1. The molecule has 4 aromatic carbocycles. The first-order valence-corrected chi connectivity index (χ1v) is 13.3. The van der Waals surface area contributed by atoms with E-state index in [-0.39, 0.29) is 11.1 Å². The Balaban J connectivity index is 1.34. The fraction of sp³-hybridized carbons (Fsp3) is 0.0370. The van der Waals surface area contributed by atoms with E-state index in [0.29, 0.717) is 28.0 Å². The molecule has 1 saturated heterocycles. The fourth-order valence-electron chi connectivity index (χ4n) is 3.72. The maximum Gasteiger partial charge on any atom is 0.298 e. The molecule has 0 aliphatic carbocycles. The van der Waals surface area contributed by atoms with Crippen LogP contribution in [0.4, 0.5) is 10.5 Å². The second-order valence-electron chi connectivity index (χ2n) is 7.78. The molecule has 0 atom stereocenters. The topological polar surface area (TPSA) is 46.6 Å². The van der Waals surface area contributed by atoms with Gasteiger partial charge in [0.25, 0.3) is 11.1 Å². The van der Waals surface area contributed by atoms with Crippen molar-refractivity contribution < 1.29 is 14.3 Å². The van der Waals surface area contributed by atoms with Gasteiger partial charge in [0.15, 0.2) is 0 Å². The SMILES string of the molecule is O=C1S/C(=C/c2cc(Br)c(OCc3ccc4ccccc4c3)c(Br)c2)C(=O)N1c1ccc(Cl)cc1. The van der Waals surface area contributed by atoms with Crippen LogP contribution in [0.1, 0.15) is 11.1 Å². The standard InChI is InChI=1S/C27H16Br2ClNO3S/c28-22-12-17(14-24-26(32)31(27(33)35-24)21-9-7-20(30)8-10-21)13-23(29)25(22)34-15-16-5-6-18-3-1-2-4-19(18)11-16/h1-14H,15H2/b24-14+. The average Bonchev–Trinajstić information content (AvgIpc) is 3.11. The van der Waals surface area contributed by atoms with Crippen molar-refractivity contribution in [3.8, 4) is 5.75 Å². The number of hydrogen-bond donors (Lipinski definition) is 0. The van der Waals surface area contributed by atoms with Crippen LogP contribution in [-0.4, -0.2) is 11.1 Å². The number of benzene rings is 4. The third-order valence-electron chi connectivity index (χ3n) is 5.39. The summed E-state index contributed by atoms with van der Waals surface area (Å²) in [4.78, 5) is 26.9. The molecule has 0 radical (unpaired) electrons. The predicted molar refractivity (Wildman–Crippen MR) is 150 cm³/mol. The number of hydrogen-bond acceptors (Lipinski definition) is 4. The van der Waals surface area contributed by atoms with E-state index in [4.69, 9.17) is 16.3 Å². The van der Waals surface area contributed by atoms with Gasteiger partial charge < -0.3 is 4.74 Å². The quantitative estimate of drug-likeness (QED) is 0.207. The van der Waals surface area contributed by atoms with Gasteiger partial charge in [-0.1, -0.05) is 48.0 Å². The highest BCUT2D eigenvalue weighted by Gasteiger charge is 2.36. The van der Waals surface area contributed by atoms with Crippen molar-refractivity contribution in [1.29, 1.82) is 0 Å². The number of nitrogens with zero attached hydrogens (tertiary/aromatic N) is 1. The molecule has 1 heterocycles. The summed E-state index contributed by atoms with van der Waals surface area (Å²) in [5.74, 6) is 0.288. The summed E-state index contributed by atoms with van der Waals surface area (Å²) in [5, 5.41) is 2.53. The lowest BCUT2D eigenvalue weighted by atomic mass is 10.1. The molecule has 5 rings (SSSR count). The Morgan fingerprint density at radius 3 is 2.29 bits per heavy atom. The number of carbonyl (C=O) groups excluding carboxylic acids is 2. The van der Waals surface area contributed by atoms with Gasteiger partial charge in [-0.15, -0.1) is 0 Å². The summed E-state index contributed by atoms with van der Waals surface area (Å²) < 4.78 is 7.56. The predicted octanol–water partition coefficient (Wildman–Crippen LogP) is 8.84. The number of thioether (sulfide) groups is 1. The highest BCUT2D eigenvalue weighted by atomic mass is 79.9. The lowest BCUT2D eigenvalue weighted by Crippen LogP contribution is -2.27. The summed E-state index contributed by atoms with van der Waals surface area (Å²) in [5.41, 5.74) is 2.30. The van der Waals surface area contributed by atoms with Crippen LogP contribution in [0.25, 0.3) is 16.8 Å². The van der Waals surface area contributed by atoms with Crippen LogP contribution >= 0.6 is 55.2 Å². The Labute approximate surface area is 228 Å². The summed E-state index contributed by atoms with van der Waals surface area (Å²) in [6, 6.07) is 24.7. The monoisotopic (exact) mass is 627 g/mol. The van der Waals surface area contributed by atoms with Crippen LogP contribution in [0.3, 0.4) is 0 Å². The molecule has 4 nitrogen and oxygen atoms in total. The van der Waals surface area contributed by atoms with Crippen molar-refractivity contribution in [3.63, 3.8) is 0 Å². The van der Waals surface area contributed by atoms with Gasteiger partial charge in [0, 0.05) is 5.02 Å². The molecule has 174 valence electrons.